The summed E-state index contributed by atoms with van der Waals surface area (Å²) in [6.45, 7) is 0. The molecule has 144 valence electrons. The zero-order valence-electron chi connectivity index (χ0n) is 21.4. The Bertz CT molecular complexity index is 1970. The second kappa shape index (κ2) is 6.20. The molecule has 0 aliphatic heterocycles. The molecule has 0 fully saturated rings. The van der Waals surface area contributed by atoms with Crippen LogP contribution >= 0.6 is 0 Å². The van der Waals surface area contributed by atoms with Crippen LogP contribution in [-0.4, -0.2) is 0 Å². The minimum atomic E-state index is -0.385. The van der Waals surface area contributed by atoms with Crippen LogP contribution in [0.4, 0.5) is 0 Å². The molecule has 0 aliphatic carbocycles. The predicted octanol–water partition coefficient (Wildman–Crippen LogP) is 8.66. The molecule has 0 bridgehead atoms. The third-order valence-corrected chi connectivity index (χ3v) is 6.22. The third kappa shape index (κ3) is 2.32. The second-order valence-corrected chi connectivity index (χ2v) is 7.79. The Labute approximate surface area is 186 Å². The van der Waals surface area contributed by atoms with Gasteiger partial charge in [0.1, 0.15) is 5.58 Å². The van der Waals surface area contributed by atoms with E-state index in [0.717, 1.165) is 54.4 Å². The summed E-state index contributed by atoms with van der Waals surface area (Å²) in [5.74, 6) is 0. The fourth-order valence-electron chi connectivity index (χ4n) is 4.87. The lowest BCUT2D eigenvalue weighted by Gasteiger charge is -2.16. The van der Waals surface area contributed by atoms with E-state index in [1.807, 2.05) is 42.5 Å². The molecule has 1 aromatic heterocycles. The summed E-state index contributed by atoms with van der Waals surface area (Å²) in [5.41, 5.74) is 3.88. The van der Waals surface area contributed by atoms with E-state index in [-0.39, 0.29) is 35.8 Å². The average molecular weight is 400 g/mol. The van der Waals surface area contributed by atoms with Gasteiger partial charge in [0.15, 0.2) is 0 Å². The summed E-state index contributed by atoms with van der Waals surface area (Å²) >= 11 is 0. The molecule has 0 spiro atoms. The number of furan rings is 1. The Morgan fingerprint density at radius 3 is 1.97 bits per heavy atom. The number of benzene rings is 6. The van der Waals surface area contributed by atoms with Gasteiger partial charge in [-0.2, -0.15) is 0 Å². The molecular formula is C30H18O. The topological polar surface area (TPSA) is 13.1 Å². The molecule has 0 saturated heterocycles. The van der Waals surface area contributed by atoms with E-state index >= 15 is 0 Å². The zero-order valence-corrected chi connectivity index (χ0v) is 16.4. The van der Waals surface area contributed by atoms with Crippen LogP contribution in [0.25, 0.3) is 65.5 Å². The number of hydrogen-bond acceptors (Lipinski definition) is 1. The number of hydrogen-bond donors (Lipinski definition) is 0. The molecule has 1 heterocycles. The first-order valence-electron chi connectivity index (χ1n) is 12.7. The largest absolute Gasteiger partial charge is 0.464 e. The highest BCUT2D eigenvalue weighted by atomic mass is 16.3. The summed E-state index contributed by atoms with van der Waals surface area (Å²) in [6, 6.07) is 23.0. The average Bonchev–Trinajstić information content (AvgIpc) is 3.39. The molecule has 0 unspecified atom stereocenters. The molecule has 0 N–H and O–H groups in total. The molecule has 0 amide bonds. The first-order valence-corrected chi connectivity index (χ1v) is 10.2. The molecule has 0 aliphatic rings. The van der Waals surface area contributed by atoms with Crippen molar-refractivity contribution >= 4 is 43.3 Å². The monoisotopic (exact) mass is 399 g/mol. The van der Waals surface area contributed by atoms with Crippen molar-refractivity contribution in [2.45, 2.75) is 0 Å². The molecule has 1 nitrogen and oxygen atoms in total. The van der Waals surface area contributed by atoms with Crippen LogP contribution in [0.3, 0.4) is 0 Å². The quantitative estimate of drug-likeness (QED) is 0.265. The van der Waals surface area contributed by atoms with Crippen molar-refractivity contribution in [1.29, 1.82) is 0 Å². The fourth-order valence-corrected chi connectivity index (χ4v) is 4.87. The fraction of sp³-hybridized carbons (Fsp3) is 0. The Morgan fingerprint density at radius 1 is 0.548 bits per heavy atom. The van der Waals surface area contributed by atoms with Crippen molar-refractivity contribution in [3.63, 3.8) is 0 Å². The van der Waals surface area contributed by atoms with Gasteiger partial charge in [0.2, 0.25) is 0 Å². The van der Waals surface area contributed by atoms with E-state index in [0.29, 0.717) is 5.56 Å². The van der Waals surface area contributed by atoms with Gasteiger partial charge in [-0.1, -0.05) is 90.9 Å². The Hall–Kier alpha value is -4.10. The van der Waals surface area contributed by atoms with Crippen LogP contribution in [0.1, 0.15) is 6.85 Å². The van der Waals surface area contributed by atoms with Gasteiger partial charge in [-0.25, -0.2) is 0 Å². The molecule has 31 heavy (non-hydrogen) atoms. The number of rotatable bonds is 2. The molecular weight excluding hydrogens is 376 g/mol. The maximum Gasteiger partial charge on any atom is 0.134 e. The van der Waals surface area contributed by atoms with Crippen molar-refractivity contribution in [2.75, 3.05) is 0 Å². The van der Waals surface area contributed by atoms with Gasteiger partial charge < -0.3 is 4.42 Å². The maximum atomic E-state index is 8.53. The Kier molecular flexibility index (Phi) is 2.51. The molecule has 6 aromatic carbocycles. The lowest BCUT2D eigenvalue weighted by atomic mass is 9.87. The van der Waals surface area contributed by atoms with Gasteiger partial charge >= 0.3 is 0 Å². The first-order chi connectivity index (χ1) is 17.5. The van der Waals surface area contributed by atoms with Crippen LogP contribution in [0.2, 0.25) is 0 Å². The van der Waals surface area contributed by atoms with Gasteiger partial charge in [-0.05, 0) is 66.7 Å². The molecule has 0 saturated carbocycles. The molecule has 0 atom stereocenters. The normalized spacial score (nSPS) is 14.1. The standard InChI is InChI=1S/C30H18O/c1-2-5-19(6-3-1)22-13-9-20-12-16-27-24(23-7-4-8-28-25(23)17-18-31-28)14-10-21-11-15-26(22)29(20)30(21)27/h1-18H/i1D,2D,3D,5D,6D. The summed E-state index contributed by atoms with van der Waals surface area (Å²) in [7, 11) is 0. The van der Waals surface area contributed by atoms with Crippen molar-refractivity contribution in [3.05, 3.63) is 109 Å². The van der Waals surface area contributed by atoms with Crippen LogP contribution in [0.5, 0.6) is 0 Å². The van der Waals surface area contributed by atoms with Crippen LogP contribution in [0.15, 0.2) is 114 Å². The number of fused-ring (bicyclic) bond motifs is 1. The third-order valence-electron chi connectivity index (χ3n) is 6.22. The Morgan fingerprint density at radius 2 is 1.19 bits per heavy atom. The summed E-state index contributed by atoms with van der Waals surface area (Å²) < 4.78 is 47.0. The predicted molar refractivity (Wildman–Crippen MR) is 131 cm³/mol. The molecule has 1 heteroatoms. The lowest BCUT2D eigenvalue weighted by molar-refractivity contribution is 0.616. The summed E-state index contributed by atoms with van der Waals surface area (Å²) in [6.07, 6.45) is 1.70. The van der Waals surface area contributed by atoms with Crippen LogP contribution in [-0.2, 0) is 0 Å². The highest BCUT2D eigenvalue weighted by molar-refractivity contribution is 6.28. The van der Waals surface area contributed by atoms with Crippen molar-refractivity contribution in [1.82, 2.24) is 0 Å². The van der Waals surface area contributed by atoms with Crippen LogP contribution < -0.4 is 0 Å². The second-order valence-electron chi connectivity index (χ2n) is 7.79. The van der Waals surface area contributed by atoms with E-state index < -0.39 is 0 Å². The van der Waals surface area contributed by atoms with E-state index in [2.05, 4.69) is 30.3 Å². The smallest absolute Gasteiger partial charge is 0.134 e. The van der Waals surface area contributed by atoms with Crippen molar-refractivity contribution in [3.8, 4) is 22.3 Å². The highest BCUT2D eigenvalue weighted by Crippen LogP contribution is 2.43. The van der Waals surface area contributed by atoms with Gasteiger partial charge in [0.05, 0.1) is 13.1 Å². The van der Waals surface area contributed by atoms with E-state index in [4.69, 9.17) is 11.3 Å². The van der Waals surface area contributed by atoms with Gasteiger partial charge in [0, 0.05) is 5.39 Å². The summed E-state index contributed by atoms with van der Waals surface area (Å²) in [4.78, 5) is 0. The van der Waals surface area contributed by atoms with Crippen molar-refractivity contribution < 1.29 is 11.3 Å². The first kappa shape index (κ1) is 12.6. The van der Waals surface area contributed by atoms with Gasteiger partial charge in [-0.3, -0.25) is 0 Å². The SMILES string of the molecule is [2H]c1c([2H])c([2H])c(-c2ccc3ccc4c(-c5cccc6occc56)ccc5ccc2c3c54)c([2H])c1[2H]. The Balaban J connectivity index is 1.61. The molecule has 0 radical (unpaired) electrons. The van der Waals surface area contributed by atoms with Crippen molar-refractivity contribution in [2.24, 2.45) is 0 Å². The molecule has 7 aromatic rings. The minimum absolute atomic E-state index is 0.191. The van der Waals surface area contributed by atoms with Gasteiger partial charge in [0.25, 0.3) is 0 Å². The van der Waals surface area contributed by atoms with Gasteiger partial charge in [-0.15, -0.1) is 0 Å². The highest BCUT2D eigenvalue weighted by Gasteiger charge is 2.15. The van der Waals surface area contributed by atoms with E-state index in [9.17, 15) is 0 Å². The lowest BCUT2D eigenvalue weighted by Crippen LogP contribution is -1.89. The summed E-state index contributed by atoms with van der Waals surface area (Å²) in [5, 5.41) is 7.25. The van der Waals surface area contributed by atoms with Crippen LogP contribution in [0, 0.1) is 0 Å². The van der Waals surface area contributed by atoms with E-state index in [1.165, 1.54) is 0 Å². The van der Waals surface area contributed by atoms with E-state index in [1.54, 1.807) is 6.26 Å². The minimum Gasteiger partial charge on any atom is -0.464 e. The zero-order chi connectivity index (χ0) is 24.7. The molecule has 7 rings (SSSR count). The maximum absolute atomic E-state index is 8.53.